The molecular weight excluding hydrogens is 326 g/mol. The summed E-state index contributed by atoms with van der Waals surface area (Å²) < 4.78 is 5.53. The Bertz CT molecular complexity index is 845. The summed E-state index contributed by atoms with van der Waals surface area (Å²) in [6, 6.07) is 13.4. The van der Waals surface area contributed by atoms with E-state index in [1.165, 1.54) is 5.57 Å². The number of nitrogens with zero attached hydrogens (tertiary/aromatic N) is 3. The number of hydrogen-bond donors (Lipinski definition) is 0. The highest BCUT2D eigenvalue weighted by Gasteiger charge is 2.21. The van der Waals surface area contributed by atoms with Gasteiger partial charge in [0.05, 0.1) is 11.3 Å². The first-order valence-corrected chi connectivity index (χ1v) is 8.87. The van der Waals surface area contributed by atoms with Gasteiger partial charge >= 0.3 is 0 Å². The smallest absolute Gasteiger partial charge is 0.261 e. The molecule has 1 aromatic heterocycles. The molecule has 0 unspecified atom stereocenters. The Balaban J connectivity index is 1.37. The van der Waals surface area contributed by atoms with E-state index < -0.39 is 0 Å². The molecule has 26 heavy (non-hydrogen) atoms. The summed E-state index contributed by atoms with van der Waals surface area (Å²) in [6.07, 6.45) is 8.36. The average Bonchev–Trinajstić information content (AvgIpc) is 2.87. The Morgan fingerprint density at radius 1 is 1.08 bits per heavy atom. The third kappa shape index (κ3) is 3.53. The Morgan fingerprint density at radius 3 is 2.77 bits per heavy atom. The van der Waals surface area contributed by atoms with Gasteiger partial charge in [-0.05, 0) is 36.3 Å². The molecule has 2 aliphatic rings. The highest BCUT2D eigenvalue weighted by atomic mass is 16.5. The van der Waals surface area contributed by atoms with Crippen LogP contribution in [0.1, 0.15) is 22.5 Å². The summed E-state index contributed by atoms with van der Waals surface area (Å²) >= 11 is 0. The monoisotopic (exact) mass is 347 g/mol. The minimum absolute atomic E-state index is 0.0175. The van der Waals surface area contributed by atoms with Crippen LogP contribution in [0, 0.1) is 0 Å². The number of fused-ring (bicyclic) bond motifs is 1. The topological polar surface area (TPSA) is 45.7 Å². The van der Waals surface area contributed by atoms with E-state index in [2.05, 4.69) is 22.0 Å². The van der Waals surface area contributed by atoms with Gasteiger partial charge in [0, 0.05) is 38.6 Å². The summed E-state index contributed by atoms with van der Waals surface area (Å²) in [5, 5.41) is 0. The number of amides is 1. The third-order valence-electron chi connectivity index (χ3n) is 4.76. The minimum atomic E-state index is -0.0175. The molecule has 2 aromatic rings. The second-order valence-corrected chi connectivity index (χ2v) is 6.39. The summed E-state index contributed by atoms with van der Waals surface area (Å²) in [5.74, 6) is 0.591. The number of aromatic nitrogens is 1. The van der Waals surface area contributed by atoms with Crippen LogP contribution >= 0.6 is 0 Å². The van der Waals surface area contributed by atoms with Crippen molar-refractivity contribution in [3.8, 4) is 5.75 Å². The van der Waals surface area contributed by atoms with Gasteiger partial charge in [-0.15, -0.1) is 0 Å². The summed E-state index contributed by atoms with van der Waals surface area (Å²) in [6.45, 7) is 3.32. The molecule has 0 spiro atoms. The predicted molar refractivity (Wildman–Crippen MR) is 101 cm³/mol. The van der Waals surface area contributed by atoms with Gasteiger partial charge in [-0.2, -0.15) is 0 Å². The van der Waals surface area contributed by atoms with Gasteiger partial charge in [-0.1, -0.05) is 24.3 Å². The van der Waals surface area contributed by atoms with E-state index in [1.807, 2.05) is 36.5 Å². The number of hydrogen-bond acceptors (Lipinski definition) is 4. The lowest BCUT2D eigenvalue weighted by Gasteiger charge is -2.28. The first kappa shape index (κ1) is 16.5. The van der Waals surface area contributed by atoms with Gasteiger partial charge < -0.3 is 9.64 Å². The van der Waals surface area contributed by atoms with Crippen molar-refractivity contribution in [1.29, 1.82) is 0 Å². The number of ether oxygens (including phenoxy) is 1. The molecule has 5 heteroatoms. The maximum Gasteiger partial charge on any atom is 0.261 e. The Labute approximate surface area is 153 Å². The summed E-state index contributed by atoms with van der Waals surface area (Å²) in [5.41, 5.74) is 2.97. The molecule has 0 bridgehead atoms. The Kier molecular flexibility index (Phi) is 4.80. The quantitative estimate of drug-likeness (QED) is 0.852. The van der Waals surface area contributed by atoms with Gasteiger partial charge in [-0.25, -0.2) is 0 Å². The van der Waals surface area contributed by atoms with Crippen molar-refractivity contribution >= 4 is 11.5 Å². The molecule has 0 aliphatic carbocycles. The molecule has 3 heterocycles. The molecule has 2 aliphatic heterocycles. The van der Waals surface area contributed by atoms with Crippen molar-refractivity contribution in [1.82, 2.24) is 14.8 Å². The van der Waals surface area contributed by atoms with E-state index in [0.29, 0.717) is 17.9 Å². The van der Waals surface area contributed by atoms with Crippen molar-refractivity contribution in [3.05, 3.63) is 78.5 Å². The molecule has 1 aromatic carbocycles. The molecule has 4 rings (SSSR count). The zero-order valence-corrected chi connectivity index (χ0v) is 14.5. The van der Waals surface area contributed by atoms with E-state index in [9.17, 15) is 4.79 Å². The lowest BCUT2D eigenvalue weighted by Crippen LogP contribution is -2.37. The first-order valence-electron chi connectivity index (χ1n) is 8.87. The molecular formula is C21H21N3O2. The number of carbonyl (C=O) groups excluding carboxylic acids is 1. The maximum atomic E-state index is 12.7. The zero-order chi connectivity index (χ0) is 17.8. The highest BCUT2D eigenvalue weighted by molar-refractivity contribution is 5.97. The highest BCUT2D eigenvalue weighted by Crippen LogP contribution is 2.23. The van der Waals surface area contributed by atoms with Gasteiger partial charge in [-0.3, -0.25) is 14.7 Å². The fourth-order valence-electron chi connectivity index (χ4n) is 3.27. The number of rotatable bonds is 4. The fraction of sp³-hybridized carbons (Fsp3) is 0.238. The standard InChI is InChI=1S/C21H21N3O2/c25-21-18-5-1-2-7-20(18)26-16-15-24(21)14-13-23-11-8-17(9-12-23)19-6-3-4-10-22-19/h1-8,10,15-16H,9,11-14H2. The van der Waals surface area contributed by atoms with Crippen LogP contribution in [0.3, 0.4) is 0 Å². The van der Waals surface area contributed by atoms with E-state index >= 15 is 0 Å². The Hall–Kier alpha value is -2.92. The Morgan fingerprint density at radius 2 is 1.96 bits per heavy atom. The van der Waals surface area contributed by atoms with Crippen LogP contribution in [0.5, 0.6) is 5.75 Å². The van der Waals surface area contributed by atoms with Crippen LogP contribution in [0.15, 0.2) is 67.2 Å². The zero-order valence-electron chi connectivity index (χ0n) is 14.5. The molecule has 0 fully saturated rings. The van der Waals surface area contributed by atoms with Crippen LogP contribution in [0.2, 0.25) is 0 Å². The fourth-order valence-corrected chi connectivity index (χ4v) is 3.27. The molecule has 5 nitrogen and oxygen atoms in total. The lowest BCUT2D eigenvalue weighted by molar-refractivity contribution is 0.0810. The van der Waals surface area contributed by atoms with Crippen molar-refractivity contribution in [3.63, 3.8) is 0 Å². The van der Waals surface area contributed by atoms with Crippen LogP contribution in [0.25, 0.3) is 5.57 Å². The second kappa shape index (κ2) is 7.54. The van der Waals surface area contributed by atoms with Gasteiger partial charge in [0.15, 0.2) is 0 Å². The van der Waals surface area contributed by atoms with E-state index in [-0.39, 0.29) is 5.91 Å². The number of para-hydroxylation sites is 1. The molecule has 0 atom stereocenters. The van der Waals surface area contributed by atoms with E-state index in [4.69, 9.17) is 4.74 Å². The third-order valence-corrected chi connectivity index (χ3v) is 4.76. The van der Waals surface area contributed by atoms with Crippen LogP contribution in [-0.2, 0) is 0 Å². The number of benzene rings is 1. The van der Waals surface area contributed by atoms with E-state index in [0.717, 1.165) is 31.7 Å². The van der Waals surface area contributed by atoms with Crippen LogP contribution in [0.4, 0.5) is 0 Å². The van der Waals surface area contributed by atoms with Crippen molar-refractivity contribution in [2.24, 2.45) is 0 Å². The van der Waals surface area contributed by atoms with Gasteiger partial charge in [0.2, 0.25) is 0 Å². The molecule has 0 saturated heterocycles. The largest absolute Gasteiger partial charge is 0.463 e. The van der Waals surface area contributed by atoms with E-state index in [1.54, 1.807) is 23.4 Å². The first-order chi connectivity index (χ1) is 12.8. The SMILES string of the molecule is O=C1c2ccccc2OC=CN1CCN1CC=C(c2ccccn2)CC1. The van der Waals surface area contributed by atoms with Crippen LogP contribution < -0.4 is 4.74 Å². The maximum absolute atomic E-state index is 12.7. The summed E-state index contributed by atoms with van der Waals surface area (Å²) in [4.78, 5) is 21.2. The predicted octanol–water partition coefficient (Wildman–Crippen LogP) is 3.18. The number of carbonyl (C=O) groups is 1. The van der Waals surface area contributed by atoms with Crippen molar-refractivity contribution in [2.45, 2.75) is 6.42 Å². The normalized spacial score (nSPS) is 17.3. The summed E-state index contributed by atoms with van der Waals surface area (Å²) in [7, 11) is 0. The average molecular weight is 347 g/mol. The molecule has 0 radical (unpaired) electrons. The van der Waals surface area contributed by atoms with Gasteiger partial charge in [0.25, 0.3) is 5.91 Å². The lowest BCUT2D eigenvalue weighted by atomic mass is 10.0. The molecule has 0 saturated carbocycles. The van der Waals surface area contributed by atoms with Crippen LogP contribution in [-0.4, -0.2) is 46.9 Å². The number of pyridine rings is 1. The minimum Gasteiger partial charge on any atom is -0.463 e. The molecule has 132 valence electrons. The molecule has 1 amide bonds. The molecule has 0 N–H and O–H groups in total. The second-order valence-electron chi connectivity index (χ2n) is 6.39. The van der Waals surface area contributed by atoms with Gasteiger partial charge in [0.1, 0.15) is 12.0 Å². The van der Waals surface area contributed by atoms with Crippen molar-refractivity contribution < 1.29 is 9.53 Å². The van der Waals surface area contributed by atoms with Crippen molar-refractivity contribution in [2.75, 3.05) is 26.2 Å².